The second-order valence-electron chi connectivity index (χ2n) is 7.18. The van der Waals surface area contributed by atoms with E-state index >= 15 is 0 Å². The topological polar surface area (TPSA) is 108 Å². The Hall–Kier alpha value is -2.75. The average molecular weight is 433 g/mol. The molecule has 2 atom stereocenters. The van der Waals surface area contributed by atoms with Crippen molar-refractivity contribution in [3.63, 3.8) is 0 Å². The van der Waals surface area contributed by atoms with E-state index in [1.165, 1.54) is 38.1 Å². The molecule has 2 aromatic rings. The zero-order valence-electron chi connectivity index (χ0n) is 17.5. The normalized spacial score (nSPS) is 13.5. The van der Waals surface area contributed by atoms with Gasteiger partial charge in [-0.15, -0.1) is 0 Å². The number of hydrogen-bond acceptors (Lipinski definition) is 5. The number of benzene rings is 2. The Morgan fingerprint density at radius 1 is 1.00 bits per heavy atom. The minimum absolute atomic E-state index is 0.00621. The van der Waals surface area contributed by atoms with E-state index in [0.29, 0.717) is 12.2 Å². The minimum Gasteiger partial charge on any atom is -0.353 e. The predicted molar refractivity (Wildman–Crippen MR) is 116 cm³/mol. The number of carbonyl (C=O) groups is 2. The molecule has 162 valence electrons. The van der Waals surface area contributed by atoms with Crippen LogP contribution in [-0.4, -0.2) is 51.8 Å². The Kier molecular flexibility index (Phi) is 8.10. The summed E-state index contributed by atoms with van der Waals surface area (Å²) in [5.74, 6) is -0.670. The molecule has 2 rings (SSSR count). The molecule has 0 saturated carbocycles. The third kappa shape index (κ3) is 6.65. The van der Waals surface area contributed by atoms with Crippen molar-refractivity contribution in [1.82, 2.24) is 14.9 Å². The quantitative estimate of drug-likeness (QED) is 0.559. The molecule has 0 aliphatic carbocycles. The lowest BCUT2D eigenvalue weighted by atomic mass is 10.1. The lowest BCUT2D eigenvalue weighted by Crippen LogP contribution is -2.46. The number of likely N-dealkylation sites (N-methyl/N-ethyl adjacent to an activating group) is 1. The lowest BCUT2D eigenvalue weighted by molar-refractivity contribution is -0.122. The van der Waals surface area contributed by atoms with Gasteiger partial charge in [-0.2, -0.15) is 4.72 Å². The Morgan fingerprint density at radius 2 is 1.60 bits per heavy atom. The number of sulfonamides is 1. The van der Waals surface area contributed by atoms with Crippen LogP contribution in [0.4, 0.5) is 5.69 Å². The molecule has 3 N–H and O–H groups in total. The van der Waals surface area contributed by atoms with Crippen LogP contribution < -0.4 is 15.4 Å². The fraction of sp³-hybridized carbons (Fsp3) is 0.333. The van der Waals surface area contributed by atoms with Crippen molar-refractivity contribution in [1.29, 1.82) is 0 Å². The van der Waals surface area contributed by atoms with E-state index in [2.05, 4.69) is 15.4 Å². The van der Waals surface area contributed by atoms with E-state index in [0.717, 1.165) is 5.56 Å². The van der Waals surface area contributed by atoms with Gasteiger partial charge in [0.2, 0.25) is 21.8 Å². The molecular formula is C21H28N4O4S. The van der Waals surface area contributed by atoms with Crippen LogP contribution in [0.3, 0.4) is 0 Å². The van der Waals surface area contributed by atoms with Crippen LogP contribution in [0.5, 0.6) is 0 Å². The molecule has 0 aromatic heterocycles. The average Bonchev–Trinajstić information content (AvgIpc) is 2.68. The second-order valence-corrected chi connectivity index (χ2v) is 8.90. The summed E-state index contributed by atoms with van der Waals surface area (Å²) in [6.07, 6.45) is 0. The van der Waals surface area contributed by atoms with Crippen LogP contribution >= 0.6 is 0 Å². The molecule has 9 heteroatoms. The van der Waals surface area contributed by atoms with E-state index < -0.39 is 22.0 Å². The molecule has 0 radical (unpaired) electrons. The molecule has 0 heterocycles. The van der Waals surface area contributed by atoms with Crippen molar-refractivity contribution in [2.45, 2.75) is 30.8 Å². The first-order valence-electron chi connectivity index (χ1n) is 9.49. The fourth-order valence-electron chi connectivity index (χ4n) is 2.90. The summed E-state index contributed by atoms with van der Waals surface area (Å²) in [5, 5.41) is 5.38. The number of nitrogens with one attached hydrogen (secondary N) is 3. The summed E-state index contributed by atoms with van der Waals surface area (Å²) in [4.78, 5) is 25.5. The molecular weight excluding hydrogens is 404 g/mol. The van der Waals surface area contributed by atoms with Crippen LogP contribution in [-0.2, 0) is 19.6 Å². The van der Waals surface area contributed by atoms with Gasteiger partial charge in [0, 0.05) is 19.2 Å². The van der Waals surface area contributed by atoms with Crippen LogP contribution in [0.15, 0.2) is 59.5 Å². The molecule has 0 saturated heterocycles. The maximum absolute atomic E-state index is 12.6. The number of amides is 2. The smallest absolute Gasteiger partial charge is 0.241 e. The van der Waals surface area contributed by atoms with E-state index in [-0.39, 0.29) is 16.8 Å². The van der Waals surface area contributed by atoms with Gasteiger partial charge in [0.05, 0.1) is 17.0 Å². The van der Waals surface area contributed by atoms with Gasteiger partial charge < -0.3 is 15.5 Å². The van der Waals surface area contributed by atoms with Crippen LogP contribution in [0.2, 0.25) is 0 Å². The summed E-state index contributed by atoms with van der Waals surface area (Å²) in [7, 11) is -0.0563. The standard InChI is InChI=1S/C21H28N4O4S/c1-15(21(27)22-14-20(25(3)4)17-8-6-5-7-9-17)24-30(28,29)19-12-10-18(11-13-19)23-16(2)26/h5-13,15,20,24H,14H2,1-4H3,(H,22,27)(H,23,26). The predicted octanol–water partition coefficient (Wildman–Crippen LogP) is 1.73. The van der Waals surface area contributed by atoms with Gasteiger partial charge in [0.15, 0.2) is 0 Å². The van der Waals surface area contributed by atoms with Gasteiger partial charge in [-0.3, -0.25) is 9.59 Å². The Labute approximate surface area is 177 Å². The number of anilines is 1. The maximum atomic E-state index is 12.6. The second kappa shape index (κ2) is 10.3. The third-order valence-corrected chi connectivity index (χ3v) is 6.04. The van der Waals surface area contributed by atoms with Gasteiger partial charge in [-0.05, 0) is 50.8 Å². The molecule has 30 heavy (non-hydrogen) atoms. The minimum atomic E-state index is -3.89. The van der Waals surface area contributed by atoms with Crippen LogP contribution in [0.25, 0.3) is 0 Å². The van der Waals surface area contributed by atoms with E-state index in [4.69, 9.17) is 0 Å². The SMILES string of the molecule is CC(=O)Nc1ccc(S(=O)(=O)NC(C)C(=O)NCC(c2ccccc2)N(C)C)cc1. The summed E-state index contributed by atoms with van der Waals surface area (Å²) < 4.78 is 27.5. The van der Waals surface area contributed by atoms with Crippen molar-refractivity contribution < 1.29 is 18.0 Å². The van der Waals surface area contributed by atoms with E-state index in [1.807, 2.05) is 49.3 Å². The summed E-state index contributed by atoms with van der Waals surface area (Å²) in [6.45, 7) is 3.20. The molecule has 2 aromatic carbocycles. The molecule has 0 fully saturated rings. The van der Waals surface area contributed by atoms with Gasteiger partial charge in [0.1, 0.15) is 0 Å². The fourth-order valence-corrected chi connectivity index (χ4v) is 4.10. The van der Waals surface area contributed by atoms with Gasteiger partial charge in [-0.1, -0.05) is 30.3 Å². The van der Waals surface area contributed by atoms with Gasteiger partial charge in [-0.25, -0.2) is 8.42 Å². The molecule has 0 spiro atoms. The van der Waals surface area contributed by atoms with E-state index in [9.17, 15) is 18.0 Å². The first-order valence-corrected chi connectivity index (χ1v) is 11.0. The maximum Gasteiger partial charge on any atom is 0.241 e. The number of hydrogen-bond donors (Lipinski definition) is 3. The Bertz CT molecular complexity index is 960. The van der Waals surface area contributed by atoms with Gasteiger partial charge >= 0.3 is 0 Å². The highest BCUT2D eigenvalue weighted by Gasteiger charge is 2.23. The zero-order valence-corrected chi connectivity index (χ0v) is 18.4. The largest absolute Gasteiger partial charge is 0.353 e. The highest BCUT2D eigenvalue weighted by Crippen LogP contribution is 2.17. The monoisotopic (exact) mass is 432 g/mol. The zero-order chi connectivity index (χ0) is 22.3. The number of carbonyl (C=O) groups excluding carboxylic acids is 2. The first kappa shape index (κ1) is 23.5. The Balaban J connectivity index is 1.99. The molecule has 2 amide bonds. The van der Waals surface area contributed by atoms with Crippen molar-refractivity contribution in [3.8, 4) is 0 Å². The first-order chi connectivity index (χ1) is 14.1. The van der Waals surface area contributed by atoms with E-state index in [1.54, 1.807) is 0 Å². The lowest BCUT2D eigenvalue weighted by Gasteiger charge is -2.26. The van der Waals surface area contributed by atoms with Crippen LogP contribution in [0, 0.1) is 0 Å². The van der Waals surface area contributed by atoms with Crippen molar-refractivity contribution in [2.75, 3.05) is 26.0 Å². The Morgan fingerprint density at radius 3 is 2.13 bits per heavy atom. The highest BCUT2D eigenvalue weighted by molar-refractivity contribution is 7.89. The summed E-state index contributed by atoms with van der Waals surface area (Å²) >= 11 is 0. The molecule has 0 aliphatic rings. The molecule has 0 aliphatic heterocycles. The summed E-state index contributed by atoms with van der Waals surface area (Å²) in [6, 6.07) is 14.5. The van der Waals surface area contributed by atoms with Crippen molar-refractivity contribution in [3.05, 3.63) is 60.2 Å². The summed E-state index contributed by atoms with van der Waals surface area (Å²) in [5.41, 5.74) is 1.54. The van der Waals surface area contributed by atoms with Crippen LogP contribution in [0.1, 0.15) is 25.5 Å². The highest BCUT2D eigenvalue weighted by atomic mass is 32.2. The molecule has 2 unspecified atom stereocenters. The third-order valence-electron chi connectivity index (χ3n) is 4.49. The molecule has 0 bridgehead atoms. The van der Waals surface area contributed by atoms with Crippen molar-refractivity contribution >= 4 is 27.5 Å². The van der Waals surface area contributed by atoms with Gasteiger partial charge in [0.25, 0.3) is 0 Å². The van der Waals surface area contributed by atoms with Crippen molar-refractivity contribution in [2.24, 2.45) is 0 Å². The molecule has 8 nitrogen and oxygen atoms in total. The number of nitrogens with zero attached hydrogens (tertiary/aromatic N) is 1. The number of rotatable bonds is 9.